The van der Waals surface area contributed by atoms with Crippen molar-refractivity contribution in [3.63, 3.8) is 0 Å². The number of hydrogen-bond acceptors (Lipinski definition) is 4. The van der Waals surface area contributed by atoms with E-state index in [9.17, 15) is 9.90 Å². The second-order valence-corrected chi connectivity index (χ2v) is 6.42. The van der Waals surface area contributed by atoms with Crippen LogP contribution in [0.1, 0.15) is 31.6 Å². The van der Waals surface area contributed by atoms with Gasteiger partial charge in [0.25, 0.3) is 0 Å². The highest BCUT2D eigenvalue weighted by atomic mass is 35.5. The normalized spacial score (nSPS) is 15.9. The molecule has 0 spiro atoms. The van der Waals surface area contributed by atoms with Gasteiger partial charge in [-0.1, -0.05) is 11.6 Å². The van der Waals surface area contributed by atoms with Crippen molar-refractivity contribution in [2.45, 2.75) is 37.7 Å². The van der Waals surface area contributed by atoms with E-state index in [-0.39, 0.29) is 12.3 Å². The zero-order valence-corrected chi connectivity index (χ0v) is 13.5. The fourth-order valence-electron chi connectivity index (χ4n) is 2.51. The number of nitrogens with zero attached hydrogens (tertiary/aromatic N) is 1. The largest absolute Gasteiger partial charge is 0.441 e. The van der Waals surface area contributed by atoms with Crippen LogP contribution in [0.4, 0.5) is 0 Å². The first-order valence-corrected chi connectivity index (χ1v) is 8.12. The van der Waals surface area contributed by atoms with E-state index in [4.69, 9.17) is 16.0 Å². The van der Waals surface area contributed by atoms with Crippen LogP contribution >= 0.6 is 11.6 Å². The van der Waals surface area contributed by atoms with E-state index in [1.807, 2.05) is 12.1 Å². The lowest BCUT2D eigenvalue weighted by Crippen LogP contribution is -2.47. The van der Waals surface area contributed by atoms with E-state index in [2.05, 4.69) is 10.3 Å². The molecule has 1 aliphatic rings. The van der Waals surface area contributed by atoms with Crippen LogP contribution in [0.15, 0.2) is 34.9 Å². The number of oxazole rings is 1. The van der Waals surface area contributed by atoms with E-state index in [1.165, 1.54) is 0 Å². The van der Waals surface area contributed by atoms with Crippen molar-refractivity contribution in [3.8, 4) is 11.3 Å². The van der Waals surface area contributed by atoms with Gasteiger partial charge < -0.3 is 14.8 Å². The second kappa shape index (κ2) is 6.72. The van der Waals surface area contributed by atoms with Crippen molar-refractivity contribution in [2.75, 3.05) is 6.54 Å². The molecule has 5 nitrogen and oxygen atoms in total. The van der Waals surface area contributed by atoms with Gasteiger partial charge in [-0.25, -0.2) is 4.98 Å². The Morgan fingerprint density at radius 2 is 2.09 bits per heavy atom. The number of nitrogens with one attached hydrogen (secondary N) is 1. The van der Waals surface area contributed by atoms with Gasteiger partial charge in [0.2, 0.25) is 5.91 Å². The third kappa shape index (κ3) is 4.12. The van der Waals surface area contributed by atoms with Gasteiger partial charge in [0.15, 0.2) is 11.7 Å². The maximum atomic E-state index is 11.8. The molecule has 1 heterocycles. The highest BCUT2D eigenvalue weighted by Crippen LogP contribution is 2.30. The predicted molar refractivity (Wildman–Crippen MR) is 87.1 cm³/mol. The van der Waals surface area contributed by atoms with Crippen molar-refractivity contribution in [3.05, 3.63) is 41.4 Å². The molecular weight excluding hydrogens is 316 g/mol. The Hall–Kier alpha value is -1.85. The molecule has 6 heteroatoms. The van der Waals surface area contributed by atoms with Crippen LogP contribution in [0.3, 0.4) is 0 Å². The molecule has 1 aromatic heterocycles. The average Bonchev–Trinajstić information content (AvgIpc) is 2.98. The molecule has 122 valence electrons. The summed E-state index contributed by atoms with van der Waals surface area (Å²) in [6, 6.07) is 7.30. The molecule has 1 aromatic carbocycles. The smallest absolute Gasteiger partial charge is 0.220 e. The van der Waals surface area contributed by atoms with Crippen molar-refractivity contribution < 1.29 is 14.3 Å². The van der Waals surface area contributed by atoms with Crippen LogP contribution in [-0.4, -0.2) is 28.1 Å². The SMILES string of the molecule is O=C(CCc1ncc(-c2ccc(Cl)cc2)o1)NCC1(O)CCC1. The Balaban J connectivity index is 1.49. The number of benzene rings is 1. The molecule has 0 radical (unpaired) electrons. The lowest BCUT2D eigenvalue weighted by atomic mass is 9.80. The molecule has 0 bridgehead atoms. The quantitative estimate of drug-likeness (QED) is 0.851. The van der Waals surface area contributed by atoms with Gasteiger partial charge in [0.05, 0.1) is 11.8 Å². The minimum Gasteiger partial charge on any atom is -0.441 e. The lowest BCUT2D eigenvalue weighted by molar-refractivity contribution is -0.123. The Kier molecular flexibility index (Phi) is 4.68. The summed E-state index contributed by atoms with van der Waals surface area (Å²) in [5.74, 6) is 1.07. The molecule has 0 saturated heterocycles. The third-order valence-electron chi connectivity index (χ3n) is 4.15. The summed E-state index contributed by atoms with van der Waals surface area (Å²) < 4.78 is 5.65. The van der Waals surface area contributed by atoms with Gasteiger partial charge in [0.1, 0.15) is 0 Å². The molecule has 23 heavy (non-hydrogen) atoms. The second-order valence-electron chi connectivity index (χ2n) is 5.98. The number of amides is 1. The molecule has 0 aliphatic heterocycles. The van der Waals surface area contributed by atoms with E-state index < -0.39 is 5.60 Å². The number of aromatic nitrogens is 1. The zero-order chi connectivity index (χ0) is 16.3. The van der Waals surface area contributed by atoms with Crippen LogP contribution < -0.4 is 5.32 Å². The monoisotopic (exact) mass is 334 g/mol. The molecule has 1 fully saturated rings. The standard InChI is InChI=1S/C17H19ClN2O3/c18-13-4-2-12(3-5-13)14-10-19-16(23-14)7-6-15(21)20-11-17(22)8-1-9-17/h2-5,10,22H,1,6-9,11H2,(H,20,21). The molecule has 1 amide bonds. The van der Waals surface area contributed by atoms with Crippen molar-refractivity contribution >= 4 is 17.5 Å². The predicted octanol–water partition coefficient (Wildman–Crippen LogP) is 2.96. The van der Waals surface area contributed by atoms with E-state index in [0.717, 1.165) is 24.8 Å². The molecule has 1 aliphatic carbocycles. The number of rotatable bonds is 6. The molecule has 2 N–H and O–H groups in total. The first-order valence-electron chi connectivity index (χ1n) is 7.74. The summed E-state index contributed by atoms with van der Waals surface area (Å²) in [6.07, 6.45) is 4.91. The summed E-state index contributed by atoms with van der Waals surface area (Å²) in [7, 11) is 0. The Morgan fingerprint density at radius 1 is 1.35 bits per heavy atom. The van der Waals surface area contributed by atoms with E-state index >= 15 is 0 Å². The minimum absolute atomic E-state index is 0.100. The molecule has 0 unspecified atom stereocenters. The number of aliphatic hydroxyl groups is 1. The van der Waals surface area contributed by atoms with Gasteiger partial charge in [-0.15, -0.1) is 0 Å². The molecular formula is C17H19ClN2O3. The summed E-state index contributed by atoms with van der Waals surface area (Å²) in [5.41, 5.74) is 0.199. The molecule has 3 rings (SSSR count). The summed E-state index contributed by atoms with van der Waals surface area (Å²) in [5, 5.41) is 13.4. The van der Waals surface area contributed by atoms with Gasteiger partial charge in [-0.05, 0) is 43.5 Å². The van der Waals surface area contributed by atoms with Crippen LogP contribution in [-0.2, 0) is 11.2 Å². The van der Waals surface area contributed by atoms with Crippen LogP contribution in [0.5, 0.6) is 0 Å². The van der Waals surface area contributed by atoms with Gasteiger partial charge in [-0.3, -0.25) is 4.79 Å². The van der Waals surface area contributed by atoms with Crippen molar-refractivity contribution in [1.82, 2.24) is 10.3 Å². The van der Waals surface area contributed by atoms with Gasteiger partial charge in [-0.2, -0.15) is 0 Å². The Labute approximate surface area is 139 Å². The van der Waals surface area contributed by atoms with Gasteiger partial charge in [0, 0.05) is 30.0 Å². The van der Waals surface area contributed by atoms with Crippen molar-refractivity contribution in [2.24, 2.45) is 0 Å². The maximum absolute atomic E-state index is 11.8. The van der Waals surface area contributed by atoms with Crippen LogP contribution in [0.25, 0.3) is 11.3 Å². The topological polar surface area (TPSA) is 75.4 Å². The number of halogens is 1. The number of carbonyl (C=O) groups is 1. The highest BCUT2D eigenvalue weighted by molar-refractivity contribution is 6.30. The third-order valence-corrected chi connectivity index (χ3v) is 4.40. The summed E-state index contributed by atoms with van der Waals surface area (Å²) in [6.45, 7) is 0.327. The van der Waals surface area contributed by atoms with Crippen LogP contribution in [0, 0.1) is 0 Å². The van der Waals surface area contributed by atoms with Crippen molar-refractivity contribution in [1.29, 1.82) is 0 Å². The average molecular weight is 335 g/mol. The molecule has 0 atom stereocenters. The number of carbonyl (C=O) groups excluding carboxylic acids is 1. The summed E-state index contributed by atoms with van der Waals surface area (Å²) >= 11 is 5.86. The first-order chi connectivity index (χ1) is 11.0. The van der Waals surface area contributed by atoms with Crippen LogP contribution in [0.2, 0.25) is 5.02 Å². The Morgan fingerprint density at radius 3 is 2.74 bits per heavy atom. The maximum Gasteiger partial charge on any atom is 0.220 e. The van der Waals surface area contributed by atoms with E-state index in [1.54, 1.807) is 18.3 Å². The zero-order valence-electron chi connectivity index (χ0n) is 12.7. The first kappa shape index (κ1) is 16.0. The lowest BCUT2D eigenvalue weighted by Gasteiger charge is -2.36. The fraction of sp³-hybridized carbons (Fsp3) is 0.412. The number of hydrogen-bond donors (Lipinski definition) is 2. The fourth-order valence-corrected chi connectivity index (χ4v) is 2.63. The molecule has 2 aromatic rings. The van der Waals surface area contributed by atoms with E-state index in [0.29, 0.717) is 29.6 Å². The van der Waals surface area contributed by atoms with Gasteiger partial charge >= 0.3 is 0 Å². The molecule has 1 saturated carbocycles. The number of aryl methyl sites for hydroxylation is 1. The highest BCUT2D eigenvalue weighted by Gasteiger charge is 2.34. The minimum atomic E-state index is -0.694. The Bertz CT molecular complexity index is 677. The summed E-state index contributed by atoms with van der Waals surface area (Å²) in [4.78, 5) is 16.0.